The minimum absolute atomic E-state index is 0.00148. The number of ether oxygens (including phenoxy) is 1. The van der Waals surface area contributed by atoms with Crippen molar-refractivity contribution in [2.24, 2.45) is 0 Å². The van der Waals surface area contributed by atoms with Crippen LogP contribution in [-0.4, -0.2) is 37.0 Å². The molecule has 108 valence electrons. The summed E-state index contributed by atoms with van der Waals surface area (Å²) in [7, 11) is 1.33. The number of benzene rings is 1. The molecule has 0 aromatic heterocycles. The van der Waals surface area contributed by atoms with Crippen LogP contribution in [0.4, 0.5) is 0 Å². The lowest BCUT2D eigenvalue weighted by atomic mass is 10.1. The van der Waals surface area contributed by atoms with E-state index in [1.807, 2.05) is 25.1 Å². The van der Waals surface area contributed by atoms with Crippen LogP contribution in [-0.2, 0) is 22.6 Å². The highest BCUT2D eigenvalue weighted by Gasteiger charge is 2.20. The van der Waals surface area contributed by atoms with E-state index in [-0.39, 0.29) is 12.5 Å². The molecule has 0 saturated heterocycles. The van der Waals surface area contributed by atoms with Gasteiger partial charge in [-0.1, -0.05) is 13.0 Å². The Labute approximate surface area is 118 Å². The Morgan fingerprint density at radius 3 is 2.75 bits per heavy atom. The first-order valence-corrected chi connectivity index (χ1v) is 6.84. The lowest BCUT2D eigenvalue weighted by Crippen LogP contribution is -2.36. The topological polar surface area (TPSA) is 58.6 Å². The minimum atomic E-state index is -0.394. The fourth-order valence-corrected chi connectivity index (χ4v) is 2.35. The quantitative estimate of drug-likeness (QED) is 0.824. The maximum Gasteiger partial charge on any atom is 0.325 e. The number of carbonyl (C=O) groups excluding carboxylic acids is 2. The highest BCUT2D eigenvalue weighted by atomic mass is 16.5. The van der Waals surface area contributed by atoms with E-state index in [9.17, 15) is 9.59 Å². The lowest BCUT2D eigenvalue weighted by molar-refractivity contribution is -0.141. The highest BCUT2D eigenvalue weighted by Crippen LogP contribution is 2.18. The summed E-state index contributed by atoms with van der Waals surface area (Å²) in [6, 6.07) is 5.72. The molecule has 1 aromatic rings. The molecule has 0 fully saturated rings. The number of amides is 1. The summed E-state index contributed by atoms with van der Waals surface area (Å²) in [6.45, 7) is 4.16. The van der Waals surface area contributed by atoms with E-state index in [0.717, 1.165) is 25.1 Å². The standard InChI is InChI=1S/C15H20N2O3/c1-3-6-17(10-14(18)20-2)15(19)11-4-5-12-8-16-9-13(12)7-11/h4-5,7,16H,3,6,8-10H2,1-2H3. The molecule has 0 saturated carbocycles. The van der Waals surface area contributed by atoms with E-state index in [0.29, 0.717) is 12.1 Å². The van der Waals surface area contributed by atoms with E-state index < -0.39 is 5.97 Å². The van der Waals surface area contributed by atoms with Crippen LogP contribution in [0.2, 0.25) is 0 Å². The average molecular weight is 276 g/mol. The summed E-state index contributed by atoms with van der Waals surface area (Å²) in [6.07, 6.45) is 0.801. The maximum absolute atomic E-state index is 12.5. The zero-order valence-electron chi connectivity index (χ0n) is 11.9. The Morgan fingerprint density at radius 1 is 1.30 bits per heavy atom. The maximum atomic E-state index is 12.5. The number of nitrogens with zero attached hydrogens (tertiary/aromatic N) is 1. The number of hydrogen-bond donors (Lipinski definition) is 1. The van der Waals surface area contributed by atoms with Crippen molar-refractivity contribution in [2.75, 3.05) is 20.2 Å². The van der Waals surface area contributed by atoms with Gasteiger partial charge in [0.25, 0.3) is 5.91 Å². The fourth-order valence-electron chi connectivity index (χ4n) is 2.35. The first kappa shape index (κ1) is 14.5. The van der Waals surface area contributed by atoms with Crippen molar-refractivity contribution in [1.82, 2.24) is 10.2 Å². The van der Waals surface area contributed by atoms with Crippen LogP contribution in [0.1, 0.15) is 34.8 Å². The number of rotatable bonds is 5. The smallest absolute Gasteiger partial charge is 0.325 e. The van der Waals surface area contributed by atoms with Crippen molar-refractivity contribution in [3.8, 4) is 0 Å². The molecule has 1 amide bonds. The van der Waals surface area contributed by atoms with Crippen LogP contribution in [0.3, 0.4) is 0 Å². The van der Waals surface area contributed by atoms with E-state index in [4.69, 9.17) is 0 Å². The van der Waals surface area contributed by atoms with Crippen LogP contribution in [0.25, 0.3) is 0 Å². The molecule has 5 nitrogen and oxygen atoms in total. The first-order valence-electron chi connectivity index (χ1n) is 6.84. The van der Waals surface area contributed by atoms with Crippen LogP contribution in [0.5, 0.6) is 0 Å². The number of fused-ring (bicyclic) bond motifs is 1. The van der Waals surface area contributed by atoms with Gasteiger partial charge >= 0.3 is 5.97 Å². The largest absolute Gasteiger partial charge is 0.468 e. The van der Waals surface area contributed by atoms with Crippen LogP contribution >= 0.6 is 0 Å². The first-order chi connectivity index (χ1) is 9.65. The van der Waals surface area contributed by atoms with Crippen LogP contribution in [0, 0.1) is 0 Å². The fraction of sp³-hybridized carbons (Fsp3) is 0.467. The van der Waals surface area contributed by atoms with Gasteiger partial charge in [0.05, 0.1) is 7.11 Å². The van der Waals surface area contributed by atoms with Crippen molar-refractivity contribution in [1.29, 1.82) is 0 Å². The van der Waals surface area contributed by atoms with Crippen molar-refractivity contribution in [3.05, 3.63) is 34.9 Å². The molecule has 0 bridgehead atoms. The van der Waals surface area contributed by atoms with Gasteiger partial charge < -0.3 is 15.0 Å². The Kier molecular flexibility index (Phi) is 4.74. The zero-order valence-corrected chi connectivity index (χ0v) is 11.9. The van der Waals surface area contributed by atoms with Crippen molar-refractivity contribution in [2.45, 2.75) is 26.4 Å². The Bertz CT molecular complexity index is 514. The number of hydrogen-bond acceptors (Lipinski definition) is 4. The SMILES string of the molecule is CCCN(CC(=O)OC)C(=O)c1ccc2c(c1)CNC2. The third-order valence-corrected chi connectivity index (χ3v) is 3.41. The van der Waals surface area contributed by atoms with Gasteiger partial charge in [0.1, 0.15) is 6.54 Å². The van der Waals surface area contributed by atoms with Gasteiger partial charge in [-0.2, -0.15) is 0 Å². The van der Waals surface area contributed by atoms with Crippen molar-refractivity contribution in [3.63, 3.8) is 0 Å². The van der Waals surface area contributed by atoms with Gasteiger partial charge in [0.15, 0.2) is 0 Å². The number of esters is 1. The molecule has 1 N–H and O–H groups in total. The summed E-state index contributed by atoms with van der Waals surface area (Å²) in [4.78, 5) is 25.4. The van der Waals surface area contributed by atoms with E-state index in [2.05, 4.69) is 10.1 Å². The lowest BCUT2D eigenvalue weighted by Gasteiger charge is -2.21. The molecule has 1 aromatic carbocycles. The summed E-state index contributed by atoms with van der Waals surface area (Å²) in [5.41, 5.74) is 3.02. The molecule has 2 rings (SSSR count). The van der Waals surface area contributed by atoms with Gasteiger partial charge in [0, 0.05) is 25.2 Å². The van der Waals surface area contributed by atoms with Gasteiger partial charge in [-0.05, 0) is 29.7 Å². The summed E-state index contributed by atoms with van der Waals surface area (Å²) >= 11 is 0. The summed E-state index contributed by atoms with van der Waals surface area (Å²) in [5, 5.41) is 3.25. The van der Waals surface area contributed by atoms with Crippen molar-refractivity contribution < 1.29 is 14.3 Å². The predicted molar refractivity (Wildman–Crippen MR) is 75.2 cm³/mol. The molecule has 0 spiro atoms. The molecular formula is C15H20N2O3. The molecule has 0 radical (unpaired) electrons. The third kappa shape index (κ3) is 3.17. The molecule has 1 aliphatic heterocycles. The minimum Gasteiger partial charge on any atom is -0.468 e. The Morgan fingerprint density at radius 2 is 2.05 bits per heavy atom. The number of carbonyl (C=O) groups is 2. The zero-order chi connectivity index (χ0) is 14.5. The molecular weight excluding hydrogens is 256 g/mol. The predicted octanol–water partition coefficient (Wildman–Crippen LogP) is 1.31. The highest BCUT2D eigenvalue weighted by molar-refractivity contribution is 5.96. The van der Waals surface area contributed by atoms with E-state index in [1.54, 1.807) is 0 Å². The van der Waals surface area contributed by atoms with Crippen molar-refractivity contribution >= 4 is 11.9 Å². The summed E-state index contributed by atoms with van der Waals surface area (Å²) in [5.74, 6) is -0.512. The Hall–Kier alpha value is -1.88. The van der Waals surface area contributed by atoms with E-state index >= 15 is 0 Å². The monoisotopic (exact) mass is 276 g/mol. The van der Waals surface area contributed by atoms with E-state index in [1.165, 1.54) is 17.6 Å². The molecule has 20 heavy (non-hydrogen) atoms. The molecule has 1 heterocycles. The molecule has 5 heteroatoms. The Balaban J connectivity index is 2.16. The normalized spacial score (nSPS) is 12.9. The average Bonchev–Trinajstić information content (AvgIpc) is 2.93. The second-order valence-electron chi connectivity index (χ2n) is 4.89. The van der Waals surface area contributed by atoms with Gasteiger partial charge in [-0.25, -0.2) is 0 Å². The third-order valence-electron chi connectivity index (χ3n) is 3.41. The number of nitrogens with one attached hydrogen (secondary N) is 1. The number of methoxy groups -OCH3 is 1. The van der Waals surface area contributed by atoms with Crippen LogP contribution in [0.15, 0.2) is 18.2 Å². The summed E-state index contributed by atoms with van der Waals surface area (Å²) < 4.78 is 4.64. The van der Waals surface area contributed by atoms with Gasteiger partial charge in [-0.15, -0.1) is 0 Å². The van der Waals surface area contributed by atoms with Crippen LogP contribution < -0.4 is 5.32 Å². The molecule has 1 aliphatic rings. The second-order valence-corrected chi connectivity index (χ2v) is 4.89. The van der Waals surface area contributed by atoms with Gasteiger partial charge in [-0.3, -0.25) is 9.59 Å². The second kappa shape index (κ2) is 6.52. The molecule has 0 aliphatic carbocycles. The van der Waals surface area contributed by atoms with Gasteiger partial charge in [0.2, 0.25) is 0 Å². The molecule has 0 atom stereocenters. The molecule has 0 unspecified atom stereocenters.